The third-order valence-corrected chi connectivity index (χ3v) is 3.19. The van der Waals surface area contributed by atoms with Gasteiger partial charge in [0, 0.05) is 11.9 Å². The maximum Gasteiger partial charge on any atom is 0.411 e. The average Bonchev–Trinajstić information content (AvgIpc) is 2.29. The van der Waals surface area contributed by atoms with E-state index in [1.807, 2.05) is 0 Å². The smallest absolute Gasteiger partial charge is 0.372 e. The molecule has 1 atom stereocenters. The van der Waals surface area contributed by atoms with Gasteiger partial charge in [0.1, 0.15) is 12.4 Å². The summed E-state index contributed by atoms with van der Waals surface area (Å²) in [5, 5.41) is 0.591. The summed E-state index contributed by atoms with van der Waals surface area (Å²) in [4.78, 5) is 0. The molecule has 1 unspecified atom stereocenters. The van der Waals surface area contributed by atoms with E-state index >= 15 is 0 Å². The molecule has 0 amide bonds. The molecular weight excluding hydrogens is 316 g/mol. The Morgan fingerprint density at radius 2 is 1.78 bits per heavy atom. The van der Waals surface area contributed by atoms with E-state index in [1.54, 1.807) is 12.1 Å². The fourth-order valence-corrected chi connectivity index (χ4v) is 2.18. The molecule has 18 heavy (non-hydrogen) atoms. The molecule has 1 aromatic carbocycles. The van der Waals surface area contributed by atoms with Crippen molar-refractivity contribution in [3.8, 4) is 0 Å². The first-order valence-corrected chi connectivity index (χ1v) is 6.50. The minimum atomic E-state index is -4.29. The molecular formula is C12H13BrF4O. The summed E-state index contributed by atoms with van der Waals surface area (Å²) >= 11 is 3.29. The number of halogens is 5. The van der Waals surface area contributed by atoms with E-state index in [1.165, 1.54) is 12.1 Å². The van der Waals surface area contributed by atoms with E-state index in [9.17, 15) is 17.6 Å². The highest BCUT2D eigenvalue weighted by Crippen LogP contribution is 2.23. The second-order valence-electron chi connectivity index (χ2n) is 3.86. The maximum absolute atomic E-state index is 12.7. The van der Waals surface area contributed by atoms with Crippen LogP contribution in [0.2, 0.25) is 0 Å². The fraction of sp³-hybridized carbons (Fsp3) is 0.500. The Labute approximate surface area is 111 Å². The molecule has 0 aromatic heterocycles. The van der Waals surface area contributed by atoms with E-state index in [0.717, 1.165) is 5.56 Å². The first kappa shape index (κ1) is 15.4. The summed E-state index contributed by atoms with van der Waals surface area (Å²) in [6.07, 6.45) is -3.84. The van der Waals surface area contributed by atoms with Gasteiger partial charge in [-0.1, -0.05) is 28.1 Å². The van der Waals surface area contributed by atoms with E-state index < -0.39 is 12.8 Å². The minimum absolute atomic E-state index is 0.0128. The van der Waals surface area contributed by atoms with Gasteiger partial charge < -0.3 is 4.74 Å². The van der Waals surface area contributed by atoms with Crippen LogP contribution < -0.4 is 0 Å². The number of ether oxygens (including phenoxy) is 1. The molecule has 0 N–H and O–H groups in total. The van der Waals surface area contributed by atoms with Crippen LogP contribution in [0.4, 0.5) is 17.6 Å². The molecule has 0 spiro atoms. The van der Waals surface area contributed by atoms with Crippen molar-refractivity contribution < 1.29 is 22.3 Å². The molecule has 0 aliphatic heterocycles. The average molecular weight is 329 g/mol. The van der Waals surface area contributed by atoms with Gasteiger partial charge in [-0.05, 0) is 30.0 Å². The van der Waals surface area contributed by atoms with Crippen molar-refractivity contribution in [3.05, 3.63) is 35.6 Å². The molecule has 0 aliphatic carbocycles. The molecule has 0 radical (unpaired) electrons. The second kappa shape index (κ2) is 7.09. The van der Waals surface area contributed by atoms with Crippen LogP contribution in [-0.2, 0) is 4.74 Å². The van der Waals surface area contributed by atoms with Gasteiger partial charge in [0.25, 0.3) is 0 Å². The topological polar surface area (TPSA) is 9.23 Å². The Morgan fingerprint density at radius 3 is 2.28 bits per heavy atom. The maximum atomic E-state index is 12.7. The summed E-state index contributed by atoms with van der Waals surface area (Å²) in [6.45, 7) is -1.21. The van der Waals surface area contributed by atoms with Gasteiger partial charge in [0.2, 0.25) is 0 Å². The lowest BCUT2D eigenvalue weighted by Gasteiger charge is -2.15. The van der Waals surface area contributed by atoms with Crippen LogP contribution in [-0.4, -0.2) is 24.7 Å². The Morgan fingerprint density at radius 1 is 1.17 bits per heavy atom. The number of rotatable bonds is 6. The van der Waals surface area contributed by atoms with E-state index in [-0.39, 0.29) is 18.3 Å². The SMILES string of the molecule is Fc1ccc(C(CBr)CCOCC(F)(F)F)cc1. The normalized spacial score (nSPS) is 13.6. The monoisotopic (exact) mass is 328 g/mol. The standard InChI is InChI=1S/C12H13BrF4O/c13-7-10(5-6-18-8-12(15,16)17)9-1-3-11(14)4-2-9/h1-4,10H,5-8H2. The summed E-state index contributed by atoms with van der Waals surface area (Å²) in [5.41, 5.74) is 0.879. The summed E-state index contributed by atoms with van der Waals surface area (Å²) < 4.78 is 52.8. The molecule has 1 rings (SSSR count). The molecule has 0 heterocycles. The lowest BCUT2D eigenvalue weighted by atomic mass is 9.98. The summed E-state index contributed by atoms with van der Waals surface area (Å²) in [7, 11) is 0. The van der Waals surface area contributed by atoms with Crippen molar-refractivity contribution >= 4 is 15.9 Å². The first-order chi connectivity index (χ1) is 8.42. The Kier molecular flexibility index (Phi) is 6.08. The number of benzene rings is 1. The van der Waals surface area contributed by atoms with Crippen molar-refractivity contribution in [1.29, 1.82) is 0 Å². The summed E-state index contributed by atoms with van der Waals surface area (Å²) in [5.74, 6) is -0.320. The Hall–Kier alpha value is -0.620. The molecule has 1 nitrogen and oxygen atoms in total. The summed E-state index contributed by atoms with van der Waals surface area (Å²) in [6, 6.07) is 5.93. The zero-order valence-corrected chi connectivity index (χ0v) is 11.1. The van der Waals surface area contributed by atoms with E-state index in [4.69, 9.17) is 0 Å². The Bertz CT molecular complexity index is 350. The van der Waals surface area contributed by atoms with Crippen LogP contribution in [0.15, 0.2) is 24.3 Å². The number of alkyl halides is 4. The van der Waals surface area contributed by atoms with Gasteiger partial charge >= 0.3 is 6.18 Å². The molecule has 6 heteroatoms. The Balaban J connectivity index is 2.40. The van der Waals surface area contributed by atoms with Crippen molar-refractivity contribution in [3.63, 3.8) is 0 Å². The molecule has 0 fully saturated rings. The zero-order valence-electron chi connectivity index (χ0n) is 9.51. The van der Waals surface area contributed by atoms with Crippen LogP contribution in [0.1, 0.15) is 17.9 Å². The van der Waals surface area contributed by atoms with Crippen LogP contribution >= 0.6 is 15.9 Å². The lowest BCUT2D eigenvalue weighted by Crippen LogP contribution is -2.18. The van der Waals surface area contributed by atoms with Gasteiger partial charge in [0.15, 0.2) is 0 Å². The largest absolute Gasteiger partial charge is 0.411 e. The van der Waals surface area contributed by atoms with Crippen LogP contribution in [0.25, 0.3) is 0 Å². The van der Waals surface area contributed by atoms with Crippen molar-refractivity contribution in [2.45, 2.75) is 18.5 Å². The van der Waals surface area contributed by atoms with E-state index in [2.05, 4.69) is 20.7 Å². The molecule has 0 saturated heterocycles. The first-order valence-electron chi connectivity index (χ1n) is 5.38. The molecule has 102 valence electrons. The van der Waals surface area contributed by atoms with Crippen LogP contribution in [0, 0.1) is 5.82 Å². The lowest BCUT2D eigenvalue weighted by molar-refractivity contribution is -0.174. The number of hydrogen-bond acceptors (Lipinski definition) is 1. The zero-order chi connectivity index (χ0) is 13.6. The van der Waals surface area contributed by atoms with Crippen molar-refractivity contribution in [1.82, 2.24) is 0 Å². The third-order valence-electron chi connectivity index (χ3n) is 2.40. The molecule has 1 aromatic rings. The van der Waals surface area contributed by atoms with Gasteiger partial charge in [0.05, 0.1) is 0 Å². The highest BCUT2D eigenvalue weighted by atomic mass is 79.9. The second-order valence-corrected chi connectivity index (χ2v) is 4.51. The number of hydrogen-bond donors (Lipinski definition) is 0. The third kappa shape index (κ3) is 5.82. The van der Waals surface area contributed by atoms with Crippen LogP contribution in [0.3, 0.4) is 0 Å². The predicted octanol–water partition coefficient (Wildman–Crippen LogP) is 4.27. The van der Waals surface area contributed by atoms with Gasteiger partial charge in [-0.25, -0.2) is 4.39 Å². The van der Waals surface area contributed by atoms with Gasteiger partial charge in [-0.15, -0.1) is 0 Å². The highest BCUT2D eigenvalue weighted by Gasteiger charge is 2.27. The van der Waals surface area contributed by atoms with Gasteiger partial charge in [-0.2, -0.15) is 13.2 Å². The highest BCUT2D eigenvalue weighted by molar-refractivity contribution is 9.09. The quantitative estimate of drug-likeness (QED) is 0.430. The van der Waals surface area contributed by atoms with Gasteiger partial charge in [-0.3, -0.25) is 0 Å². The molecule has 0 bridgehead atoms. The fourth-order valence-electron chi connectivity index (χ4n) is 1.48. The molecule has 0 aliphatic rings. The van der Waals surface area contributed by atoms with Crippen LogP contribution in [0.5, 0.6) is 0 Å². The minimum Gasteiger partial charge on any atom is -0.372 e. The van der Waals surface area contributed by atoms with E-state index in [0.29, 0.717) is 11.8 Å². The predicted molar refractivity (Wildman–Crippen MR) is 64.4 cm³/mol. The van der Waals surface area contributed by atoms with Crippen molar-refractivity contribution in [2.75, 3.05) is 18.5 Å². The molecule has 0 saturated carbocycles. The van der Waals surface area contributed by atoms with Crippen molar-refractivity contribution in [2.24, 2.45) is 0 Å².